The molecule has 0 unspecified atom stereocenters. The van der Waals surface area contributed by atoms with Crippen molar-refractivity contribution in [1.82, 2.24) is 10.2 Å². The molecule has 2 atom stereocenters. The fourth-order valence-corrected chi connectivity index (χ4v) is 3.34. The fraction of sp³-hybridized carbons (Fsp3) is 0.857. The Labute approximate surface area is 114 Å². The van der Waals surface area contributed by atoms with E-state index in [4.69, 9.17) is 4.74 Å². The van der Waals surface area contributed by atoms with E-state index < -0.39 is 0 Å². The third-order valence-electron chi connectivity index (χ3n) is 4.19. The van der Waals surface area contributed by atoms with Crippen LogP contribution in [0.1, 0.15) is 45.4 Å². The van der Waals surface area contributed by atoms with Crippen molar-refractivity contribution in [2.75, 3.05) is 19.7 Å². The summed E-state index contributed by atoms with van der Waals surface area (Å²) < 4.78 is 4.81. The molecule has 2 amide bonds. The molecule has 2 rings (SSSR count). The molecular formula is C14H24N2O3. The number of hydrogen-bond donors (Lipinski definition) is 1. The van der Waals surface area contributed by atoms with Crippen molar-refractivity contribution in [2.45, 2.75) is 51.5 Å². The van der Waals surface area contributed by atoms with Crippen LogP contribution in [0.3, 0.4) is 0 Å². The lowest BCUT2D eigenvalue weighted by Crippen LogP contribution is -2.53. The number of nitrogens with one attached hydrogen (secondary N) is 1. The van der Waals surface area contributed by atoms with E-state index in [1.807, 2.05) is 4.90 Å². The van der Waals surface area contributed by atoms with Crippen LogP contribution in [0.15, 0.2) is 0 Å². The number of carbonyl (C=O) groups is 2. The van der Waals surface area contributed by atoms with E-state index in [1.165, 1.54) is 25.7 Å². The van der Waals surface area contributed by atoms with Gasteiger partial charge >= 0.3 is 12.0 Å². The van der Waals surface area contributed by atoms with Gasteiger partial charge in [-0.25, -0.2) is 4.79 Å². The van der Waals surface area contributed by atoms with Crippen molar-refractivity contribution in [3.05, 3.63) is 0 Å². The number of nitrogens with zero attached hydrogens (tertiary/aromatic N) is 1. The van der Waals surface area contributed by atoms with Gasteiger partial charge in [0.2, 0.25) is 0 Å². The predicted molar refractivity (Wildman–Crippen MR) is 71.7 cm³/mol. The minimum Gasteiger partial charge on any atom is -0.465 e. The molecule has 0 aromatic carbocycles. The molecule has 108 valence electrons. The van der Waals surface area contributed by atoms with Gasteiger partial charge in [0.05, 0.1) is 6.61 Å². The third kappa shape index (κ3) is 3.61. The fourth-order valence-electron chi connectivity index (χ4n) is 3.34. The normalized spacial score (nSPS) is 26.5. The summed E-state index contributed by atoms with van der Waals surface area (Å²) in [4.78, 5) is 25.4. The Kier molecular flexibility index (Phi) is 5.05. The van der Waals surface area contributed by atoms with Crippen LogP contribution in [0.2, 0.25) is 0 Å². The molecule has 0 bridgehead atoms. The molecule has 19 heavy (non-hydrogen) atoms. The number of amides is 2. The second-order valence-electron chi connectivity index (χ2n) is 5.41. The monoisotopic (exact) mass is 268 g/mol. The Hall–Kier alpha value is -1.26. The minimum absolute atomic E-state index is 0.0272. The number of esters is 1. The van der Waals surface area contributed by atoms with Crippen molar-refractivity contribution in [3.8, 4) is 0 Å². The maximum absolute atomic E-state index is 12.2. The average Bonchev–Trinajstić information content (AvgIpc) is 2.44. The molecule has 0 aromatic rings. The van der Waals surface area contributed by atoms with E-state index in [2.05, 4.69) is 5.32 Å². The van der Waals surface area contributed by atoms with Crippen molar-refractivity contribution in [3.63, 3.8) is 0 Å². The van der Waals surface area contributed by atoms with Crippen LogP contribution in [-0.2, 0) is 9.53 Å². The van der Waals surface area contributed by atoms with Crippen molar-refractivity contribution < 1.29 is 14.3 Å². The zero-order valence-electron chi connectivity index (χ0n) is 11.7. The largest absolute Gasteiger partial charge is 0.465 e. The maximum Gasteiger partial charge on any atom is 0.325 e. The summed E-state index contributed by atoms with van der Waals surface area (Å²) in [5.74, 6) is 0.295. The summed E-state index contributed by atoms with van der Waals surface area (Å²) in [6.45, 7) is 2.90. The van der Waals surface area contributed by atoms with E-state index in [0.29, 0.717) is 18.6 Å². The number of hydrogen-bond acceptors (Lipinski definition) is 3. The Morgan fingerprint density at radius 2 is 1.95 bits per heavy atom. The molecule has 1 saturated heterocycles. The van der Waals surface area contributed by atoms with Gasteiger partial charge in [0.15, 0.2) is 0 Å². The SMILES string of the molecule is CCOC(=O)CNC(=O)N1CCC[C@H]2CCCC[C@H]21. The van der Waals surface area contributed by atoms with Gasteiger partial charge < -0.3 is 15.0 Å². The van der Waals surface area contributed by atoms with Crippen LogP contribution >= 0.6 is 0 Å². The Morgan fingerprint density at radius 1 is 1.21 bits per heavy atom. The number of carbonyl (C=O) groups excluding carboxylic acids is 2. The lowest BCUT2D eigenvalue weighted by molar-refractivity contribution is -0.141. The number of piperidine rings is 1. The van der Waals surface area contributed by atoms with Gasteiger partial charge in [0.25, 0.3) is 0 Å². The van der Waals surface area contributed by atoms with Crippen molar-refractivity contribution >= 4 is 12.0 Å². The number of ether oxygens (including phenoxy) is 1. The first-order valence-corrected chi connectivity index (χ1v) is 7.42. The standard InChI is InChI=1S/C14H24N2O3/c1-2-19-13(17)10-15-14(18)16-9-5-7-11-6-3-4-8-12(11)16/h11-12H,2-10H2,1H3,(H,15,18)/t11-,12-/m1/s1. The Morgan fingerprint density at radius 3 is 2.74 bits per heavy atom. The Bertz CT molecular complexity index is 331. The molecule has 2 fully saturated rings. The summed E-state index contributed by atoms with van der Waals surface area (Å²) in [6, 6.07) is 0.273. The molecule has 0 spiro atoms. The zero-order valence-corrected chi connectivity index (χ0v) is 11.7. The molecule has 1 heterocycles. The summed E-state index contributed by atoms with van der Waals surface area (Å²) >= 11 is 0. The van der Waals surface area contributed by atoms with Gasteiger partial charge in [-0.1, -0.05) is 12.8 Å². The highest BCUT2D eigenvalue weighted by atomic mass is 16.5. The third-order valence-corrected chi connectivity index (χ3v) is 4.19. The van der Waals surface area contributed by atoms with E-state index in [1.54, 1.807) is 6.92 Å². The maximum atomic E-state index is 12.2. The predicted octanol–water partition coefficient (Wildman–Crippen LogP) is 1.91. The van der Waals surface area contributed by atoms with Gasteiger partial charge in [-0.3, -0.25) is 4.79 Å². The zero-order chi connectivity index (χ0) is 13.7. The second kappa shape index (κ2) is 6.78. The highest BCUT2D eigenvalue weighted by molar-refractivity contribution is 5.81. The average molecular weight is 268 g/mol. The van der Waals surface area contributed by atoms with Gasteiger partial charge in [0, 0.05) is 12.6 Å². The minimum atomic E-state index is -0.368. The summed E-state index contributed by atoms with van der Waals surface area (Å²) in [7, 11) is 0. The highest BCUT2D eigenvalue weighted by Gasteiger charge is 2.35. The Balaban J connectivity index is 1.85. The van der Waals surface area contributed by atoms with Crippen LogP contribution in [-0.4, -0.2) is 42.6 Å². The molecule has 5 heteroatoms. The van der Waals surface area contributed by atoms with Gasteiger partial charge in [-0.2, -0.15) is 0 Å². The first-order chi connectivity index (χ1) is 9.22. The highest BCUT2D eigenvalue weighted by Crippen LogP contribution is 2.35. The first-order valence-electron chi connectivity index (χ1n) is 7.42. The van der Waals surface area contributed by atoms with Crippen LogP contribution < -0.4 is 5.32 Å². The molecular weight excluding hydrogens is 244 g/mol. The summed E-state index contributed by atoms with van der Waals surface area (Å²) in [5, 5.41) is 2.68. The van der Waals surface area contributed by atoms with E-state index in [9.17, 15) is 9.59 Å². The molecule has 2 aliphatic rings. The number of likely N-dealkylation sites (tertiary alicyclic amines) is 1. The summed E-state index contributed by atoms with van der Waals surface area (Å²) in [5.41, 5.74) is 0. The van der Waals surface area contributed by atoms with Gasteiger partial charge in [-0.15, -0.1) is 0 Å². The molecule has 0 radical (unpaired) electrons. The first kappa shape index (κ1) is 14.2. The molecule has 1 aliphatic heterocycles. The number of urea groups is 1. The molecule has 5 nitrogen and oxygen atoms in total. The smallest absolute Gasteiger partial charge is 0.325 e. The number of fused-ring (bicyclic) bond motifs is 1. The van der Waals surface area contributed by atoms with Crippen LogP contribution in [0.4, 0.5) is 4.79 Å². The van der Waals surface area contributed by atoms with Gasteiger partial charge in [-0.05, 0) is 38.5 Å². The van der Waals surface area contributed by atoms with Crippen LogP contribution in [0.5, 0.6) is 0 Å². The summed E-state index contributed by atoms with van der Waals surface area (Å²) in [6.07, 6.45) is 7.17. The molecule has 1 saturated carbocycles. The quantitative estimate of drug-likeness (QED) is 0.795. The van der Waals surface area contributed by atoms with Crippen molar-refractivity contribution in [2.24, 2.45) is 5.92 Å². The van der Waals surface area contributed by atoms with Crippen molar-refractivity contribution in [1.29, 1.82) is 0 Å². The second-order valence-corrected chi connectivity index (χ2v) is 5.41. The molecule has 1 aliphatic carbocycles. The topological polar surface area (TPSA) is 58.6 Å². The number of rotatable bonds is 3. The molecule has 0 aromatic heterocycles. The van der Waals surface area contributed by atoms with E-state index >= 15 is 0 Å². The van der Waals surface area contributed by atoms with Crippen LogP contribution in [0, 0.1) is 5.92 Å². The lowest BCUT2D eigenvalue weighted by atomic mass is 9.78. The lowest BCUT2D eigenvalue weighted by Gasteiger charge is -2.43. The van der Waals surface area contributed by atoms with Crippen LogP contribution in [0.25, 0.3) is 0 Å². The van der Waals surface area contributed by atoms with E-state index in [0.717, 1.165) is 19.4 Å². The molecule has 1 N–H and O–H groups in total. The van der Waals surface area contributed by atoms with E-state index in [-0.39, 0.29) is 18.5 Å². The van der Waals surface area contributed by atoms with Gasteiger partial charge in [0.1, 0.15) is 6.54 Å².